The van der Waals surface area contributed by atoms with Gasteiger partial charge in [-0.1, -0.05) is 6.92 Å². The van der Waals surface area contributed by atoms with Crippen molar-refractivity contribution in [2.75, 3.05) is 18.5 Å². The molecule has 0 fully saturated rings. The number of hydrogen-bond acceptors (Lipinski definition) is 7. The molecule has 0 saturated carbocycles. The number of carbonyl (C=O) groups is 3. The van der Waals surface area contributed by atoms with Crippen LogP contribution in [0.1, 0.15) is 51.6 Å². The molecule has 0 spiro atoms. The van der Waals surface area contributed by atoms with Crippen LogP contribution in [0.2, 0.25) is 0 Å². The Morgan fingerprint density at radius 3 is 2.81 bits per heavy atom. The van der Waals surface area contributed by atoms with Gasteiger partial charge in [-0.25, -0.2) is 9.59 Å². The van der Waals surface area contributed by atoms with Gasteiger partial charge in [-0.15, -0.1) is 11.3 Å². The molecule has 7 nitrogen and oxygen atoms in total. The second kappa shape index (κ2) is 8.39. The van der Waals surface area contributed by atoms with Crippen molar-refractivity contribution in [1.29, 1.82) is 0 Å². The van der Waals surface area contributed by atoms with Gasteiger partial charge in [0.1, 0.15) is 5.00 Å². The van der Waals surface area contributed by atoms with Crippen LogP contribution in [0, 0.1) is 5.92 Å². The molecule has 8 heteroatoms. The quantitative estimate of drug-likeness (QED) is 0.758. The van der Waals surface area contributed by atoms with Crippen LogP contribution in [0.5, 0.6) is 0 Å². The third-order valence-electron chi connectivity index (χ3n) is 4.30. The minimum absolute atomic E-state index is 0.0237. The van der Waals surface area contributed by atoms with E-state index >= 15 is 0 Å². The number of anilines is 1. The average Bonchev–Trinajstić information content (AvgIpc) is 3.27. The molecule has 3 rings (SSSR count). The standard InChI is InChI=1S/C19H21NO6S/c1-3-24-19(23)16-12-7-6-11(2)9-14(12)27-17(16)20-15(21)10-26-18(22)13-5-4-8-25-13/h4-5,8,11H,3,6-7,9-10H2,1-2H3,(H,20,21)/t11-/m0/s1. The molecule has 0 radical (unpaired) electrons. The number of fused-ring (bicyclic) bond motifs is 1. The molecule has 1 aliphatic rings. The van der Waals surface area contributed by atoms with Gasteiger partial charge in [-0.05, 0) is 49.8 Å². The minimum Gasteiger partial charge on any atom is -0.462 e. The number of nitrogens with one attached hydrogen (secondary N) is 1. The van der Waals surface area contributed by atoms with Gasteiger partial charge in [0.25, 0.3) is 5.91 Å². The highest BCUT2D eigenvalue weighted by Crippen LogP contribution is 2.40. The van der Waals surface area contributed by atoms with Crippen molar-refractivity contribution in [3.63, 3.8) is 0 Å². The highest BCUT2D eigenvalue weighted by molar-refractivity contribution is 7.17. The van der Waals surface area contributed by atoms with Crippen LogP contribution in [0.3, 0.4) is 0 Å². The maximum absolute atomic E-state index is 12.4. The summed E-state index contributed by atoms with van der Waals surface area (Å²) in [6.45, 7) is 3.69. The number of carbonyl (C=O) groups excluding carboxylic acids is 3. The number of rotatable bonds is 6. The topological polar surface area (TPSA) is 94.8 Å². The predicted molar refractivity (Wildman–Crippen MR) is 99.1 cm³/mol. The van der Waals surface area contributed by atoms with Gasteiger partial charge in [-0.2, -0.15) is 0 Å². The van der Waals surface area contributed by atoms with E-state index in [0.717, 1.165) is 29.7 Å². The van der Waals surface area contributed by atoms with Crippen LogP contribution in [-0.2, 0) is 27.1 Å². The minimum atomic E-state index is -0.722. The molecular formula is C19H21NO6S. The second-order valence-electron chi connectivity index (χ2n) is 6.38. The monoisotopic (exact) mass is 391 g/mol. The van der Waals surface area contributed by atoms with Crippen LogP contribution in [0.25, 0.3) is 0 Å². The molecule has 2 heterocycles. The largest absolute Gasteiger partial charge is 0.462 e. The molecule has 0 aliphatic heterocycles. The number of furan rings is 1. The predicted octanol–water partition coefficient (Wildman–Crippen LogP) is 3.44. The molecule has 1 atom stereocenters. The molecule has 2 aromatic rings. The molecule has 0 saturated heterocycles. The van der Waals surface area contributed by atoms with Crippen molar-refractivity contribution in [2.24, 2.45) is 5.92 Å². The summed E-state index contributed by atoms with van der Waals surface area (Å²) >= 11 is 1.39. The zero-order chi connectivity index (χ0) is 19.4. The molecule has 1 aliphatic carbocycles. The van der Waals surface area contributed by atoms with E-state index in [1.165, 1.54) is 23.7 Å². The lowest BCUT2D eigenvalue weighted by Crippen LogP contribution is -2.22. The smallest absolute Gasteiger partial charge is 0.374 e. The van der Waals surface area contributed by atoms with Crippen LogP contribution in [0.4, 0.5) is 5.00 Å². The van der Waals surface area contributed by atoms with E-state index in [1.54, 1.807) is 13.0 Å². The van der Waals surface area contributed by atoms with E-state index in [0.29, 0.717) is 16.5 Å². The molecular weight excluding hydrogens is 370 g/mol. The molecule has 1 amide bonds. The van der Waals surface area contributed by atoms with Gasteiger partial charge in [0.15, 0.2) is 6.61 Å². The summed E-state index contributed by atoms with van der Waals surface area (Å²) in [5.41, 5.74) is 1.38. The fourth-order valence-electron chi connectivity index (χ4n) is 3.02. The Morgan fingerprint density at radius 1 is 1.30 bits per heavy atom. The van der Waals surface area contributed by atoms with E-state index in [-0.39, 0.29) is 12.4 Å². The van der Waals surface area contributed by atoms with Gasteiger partial charge < -0.3 is 19.2 Å². The average molecular weight is 391 g/mol. The lowest BCUT2D eigenvalue weighted by molar-refractivity contribution is -0.119. The summed E-state index contributed by atoms with van der Waals surface area (Å²) in [5, 5.41) is 3.14. The van der Waals surface area contributed by atoms with E-state index in [4.69, 9.17) is 13.9 Å². The Labute approximate surface area is 160 Å². The highest BCUT2D eigenvalue weighted by atomic mass is 32.1. The molecule has 0 aromatic carbocycles. The Bertz CT molecular complexity index is 839. The number of esters is 2. The third kappa shape index (κ3) is 4.39. The summed E-state index contributed by atoms with van der Waals surface area (Å²) in [6.07, 6.45) is 3.99. The van der Waals surface area contributed by atoms with Crippen LogP contribution < -0.4 is 5.32 Å². The normalized spacial score (nSPS) is 15.7. The lowest BCUT2D eigenvalue weighted by Gasteiger charge is -2.18. The maximum atomic E-state index is 12.4. The van der Waals surface area contributed by atoms with Gasteiger partial charge in [-0.3, -0.25) is 4.79 Å². The summed E-state index contributed by atoms with van der Waals surface area (Å²) in [5.74, 6) is -1.13. The van der Waals surface area contributed by atoms with Gasteiger partial charge in [0.05, 0.1) is 18.4 Å². The first-order valence-electron chi connectivity index (χ1n) is 8.81. The van der Waals surface area contributed by atoms with Crippen LogP contribution in [0.15, 0.2) is 22.8 Å². The molecule has 0 bridgehead atoms. The van der Waals surface area contributed by atoms with Crippen LogP contribution >= 0.6 is 11.3 Å². The van der Waals surface area contributed by atoms with Gasteiger partial charge >= 0.3 is 11.9 Å². The van der Waals surface area contributed by atoms with Crippen molar-refractivity contribution in [3.8, 4) is 0 Å². The first kappa shape index (κ1) is 19.2. The van der Waals surface area contributed by atoms with Gasteiger partial charge in [0.2, 0.25) is 5.76 Å². The van der Waals surface area contributed by atoms with Crippen molar-refractivity contribution in [1.82, 2.24) is 0 Å². The number of hydrogen-bond donors (Lipinski definition) is 1. The highest BCUT2D eigenvalue weighted by Gasteiger charge is 2.29. The summed E-state index contributed by atoms with van der Waals surface area (Å²) in [7, 11) is 0. The van der Waals surface area contributed by atoms with Crippen molar-refractivity contribution in [3.05, 3.63) is 40.2 Å². The zero-order valence-electron chi connectivity index (χ0n) is 15.2. The SMILES string of the molecule is CCOC(=O)c1c(NC(=O)COC(=O)c2ccco2)sc2c1CC[C@H](C)C2. The number of thiophene rings is 1. The number of ether oxygens (including phenoxy) is 2. The Morgan fingerprint density at radius 2 is 2.11 bits per heavy atom. The molecule has 0 unspecified atom stereocenters. The first-order valence-corrected chi connectivity index (χ1v) is 9.63. The molecule has 2 aromatic heterocycles. The van der Waals surface area contributed by atoms with E-state index < -0.39 is 24.5 Å². The maximum Gasteiger partial charge on any atom is 0.374 e. The molecule has 1 N–H and O–H groups in total. The Kier molecular flexibility index (Phi) is 5.95. The van der Waals surface area contributed by atoms with Gasteiger partial charge in [0, 0.05) is 4.88 Å². The number of amides is 1. The summed E-state index contributed by atoms with van der Waals surface area (Å²) in [4.78, 5) is 37.5. The van der Waals surface area contributed by atoms with E-state index in [2.05, 4.69) is 12.2 Å². The first-order chi connectivity index (χ1) is 13.0. The fraction of sp³-hybridized carbons (Fsp3) is 0.421. The summed E-state index contributed by atoms with van der Waals surface area (Å²) < 4.78 is 15.0. The van der Waals surface area contributed by atoms with E-state index in [1.807, 2.05) is 0 Å². The lowest BCUT2D eigenvalue weighted by atomic mass is 9.88. The second-order valence-corrected chi connectivity index (χ2v) is 7.48. The third-order valence-corrected chi connectivity index (χ3v) is 5.47. The van der Waals surface area contributed by atoms with Crippen molar-refractivity contribution in [2.45, 2.75) is 33.1 Å². The zero-order valence-corrected chi connectivity index (χ0v) is 16.0. The molecule has 144 valence electrons. The Hall–Kier alpha value is -2.61. The fourth-order valence-corrected chi connectivity index (χ4v) is 4.43. The Balaban J connectivity index is 1.72. The summed E-state index contributed by atoms with van der Waals surface area (Å²) in [6, 6.07) is 3.01. The van der Waals surface area contributed by atoms with Crippen molar-refractivity contribution >= 4 is 34.2 Å². The van der Waals surface area contributed by atoms with Crippen molar-refractivity contribution < 1.29 is 28.3 Å². The molecule has 27 heavy (non-hydrogen) atoms. The van der Waals surface area contributed by atoms with Crippen LogP contribution in [-0.4, -0.2) is 31.1 Å². The van der Waals surface area contributed by atoms with E-state index in [9.17, 15) is 14.4 Å².